The summed E-state index contributed by atoms with van der Waals surface area (Å²) in [6.45, 7) is 0.113. The summed E-state index contributed by atoms with van der Waals surface area (Å²) in [4.78, 5) is 55.7. The lowest BCUT2D eigenvalue weighted by molar-refractivity contribution is -0.0584. The topological polar surface area (TPSA) is 102 Å². The van der Waals surface area contributed by atoms with Gasteiger partial charge < -0.3 is 9.57 Å². The van der Waals surface area contributed by atoms with Crippen LogP contribution in [0.25, 0.3) is 11.1 Å². The standard InChI is InChI=1S/C30H19ClN2O6/c31-26-14-13-17(15-24(26)29(36)39-33-27(34)22-11-5-6-12-23(22)28(33)35)32-30(37)38-16-25-20-9-3-1-7-18(20)19-8-2-4-10-21(19)25/h1-15,25H,16H2,(H,32,37). The Labute approximate surface area is 227 Å². The van der Waals surface area contributed by atoms with Gasteiger partial charge in [0.2, 0.25) is 0 Å². The van der Waals surface area contributed by atoms with Crippen LogP contribution in [0.2, 0.25) is 5.02 Å². The first kappa shape index (κ1) is 24.4. The van der Waals surface area contributed by atoms with Crippen molar-refractivity contribution in [2.45, 2.75) is 5.92 Å². The first-order chi connectivity index (χ1) is 18.9. The van der Waals surface area contributed by atoms with Crippen LogP contribution in [0.3, 0.4) is 0 Å². The average molecular weight is 539 g/mol. The number of ether oxygens (including phenoxy) is 1. The molecule has 0 spiro atoms. The molecule has 192 valence electrons. The van der Waals surface area contributed by atoms with Crippen molar-refractivity contribution in [3.8, 4) is 11.1 Å². The molecule has 0 aromatic heterocycles. The highest BCUT2D eigenvalue weighted by Gasteiger charge is 2.39. The summed E-state index contributed by atoms with van der Waals surface area (Å²) in [5.74, 6) is -2.66. The molecule has 0 bridgehead atoms. The fraction of sp³-hybridized carbons (Fsp3) is 0.0667. The number of anilines is 1. The molecule has 3 amide bonds. The number of carbonyl (C=O) groups excluding carboxylic acids is 4. The van der Waals surface area contributed by atoms with E-state index in [2.05, 4.69) is 5.32 Å². The van der Waals surface area contributed by atoms with E-state index in [1.54, 1.807) is 12.1 Å². The van der Waals surface area contributed by atoms with Crippen LogP contribution in [0, 0.1) is 0 Å². The second-order valence-electron chi connectivity index (χ2n) is 8.97. The number of hydrogen-bond donors (Lipinski definition) is 1. The van der Waals surface area contributed by atoms with Gasteiger partial charge in [-0.1, -0.05) is 77.3 Å². The maximum Gasteiger partial charge on any atom is 0.411 e. The number of hydroxylamine groups is 2. The molecule has 1 heterocycles. The Balaban J connectivity index is 1.13. The van der Waals surface area contributed by atoms with E-state index in [0.29, 0.717) is 5.06 Å². The van der Waals surface area contributed by atoms with Crippen LogP contribution in [0.5, 0.6) is 0 Å². The molecule has 8 nitrogen and oxygen atoms in total. The third-order valence-corrected chi connectivity index (χ3v) is 7.04. The van der Waals surface area contributed by atoms with Crippen molar-refractivity contribution < 1.29 is 28.8 Å². The minimum Gasteiger partial charge on any atom is -0.448 e. The summed E-state index contributed by atoms with van der Waals surface area (Å²) in [6, 6.07) is 26.3. The van der Waals surface area contributed by atoms with Crippen molar-refractivity contribution >= 4 is 41.2 Å². The summed E-state index contributed by atoms with van der Waals surface area (Å²) >= 11 is 6.18. The Morgan fingerprint density at radius 2 is 1.31 bits per heavy atom. The predicted octanol–water partition coefficient (Wildman–Crippen LogP) is 6.07. The Hall–Kier alpha value is -4.95. The van der Waals surface area contributed by atoms with Crippen molar-refractivity contribution in [1.29, 1.82) is 0 Å². The third kappa shape index (κ3) is 4.30. The maximum absolute atomic E-state index is 12.8. The van der Waals surface area contributed by atoms with E-state index in [9.17, 15) is 19.2 Å². The van der Waals surface area contributed by atoms with Gasteiger partial charge in [0.15, 0.2) is 0 Å². The number of hydrogen-bond acceptors (Lipinski definition) is 6. The quantitative estimate of drug-likeness (QED) is 0.309. The van der Waals surface area contributed by atoms with Gasteiger partial charge in [-0.15, -0.1) is 0 Å². The zero-order valence-electron chi connectivity index (χ0n) is 20.2. The zero-order valence-corrected chi connectivity index (χ0v) is 21.0. The van der Waals surface area contributed by atoms with Gasteiger partial charge in [-0.3, -0.25) is 14.9 Å². The average Bonchev–Trinajstić information content (AvgIpc) is 3.40. The van der Waals surface area contributed by atoms with Crippen LogP contribution in [-0.2, 0) is 9.57 Å². The van der Waals surface area contributed by atoms with Gasteiger partial charge >= 0.3 is 12.1 Å². The van der Waals surface area contributed by atoms with Crippen LogP contribution < -0.4 is 5.32 Å². The molecule has 2 aliphatic rings. The largest absolute Gasteiger partial charge is 0.448 e. The lowest BCUT2D eigenvalue weighted by Crippen LogP contribution is -2.32. The molecule has 1 aliphatic heterocycles. The van der Waals surface area contributed by atoms with Crippen LogP contribution in [0.4, 0.5) is 10.5 Å². The molecule has 1 N–H and O–H groups in total. The van der Waals surface area contributed by atoms with Crippen molar-refractivity contribution in [2.24, 2.45) is 0 Å². The van der Waals surface area contributed by atoms with Crippen LogP contribution in [-0.4, -0.2) is 35.5 Å². The number of rotatable bonds is 5. The Morgan fingerprint density at radius 3 is 1.90 bits per heavy atom. The number of nitrogens with zero attached hydrogens (tertiary/aromatic N) is 1. The molecule has 1 aliphatic carbocycles. The van der Waals surface area contributed by atoms with Gasteiger partial charge in [0.05, 0.1) is 21.7 Å². The third-order valence-electron chi connectivity index (χ3n) is 6.71. The van der Waals surface area contributed by atoms with Gasteiger partial charge in [-0.25, -0.2) is 9.59 Å². The molecule has 0 unspecified atom stereocenters. The fourth-order valence-electron chi connectivity index (χ4n) is 4.89. The number of halogens is 1. The summed E-state index contributed by atoms with van der Waals surface area (Å²) < 4.78 is 5.55. The number of nitrogens with one attached hydrogen (secondary N) is 1. The number of carbonyl (C=O) groups is 4. The van der Waals surface area contributed by atoms with Gasteiger partial charge in [-0.05, 0) is 52.6 Å². The normalized spacial score (nSPS) is 13.5. The smallest absolute Gasteiger partial charge is 0.411 e. The van der Waals surface area contributed by atoms with E-state index in [4.69, 9.17) is 21.2 Å². The molecule has 4 aromatic rings. The molecule has 0 saturated carbocycles. The summed E-state index contributed by atoms with van der Waals surface area (Å²) in [6.07, 6.45) is -0.723. The maximum atomic E-state index is 12.8. The summed E-state index contributed by atoms with van der Waals surface area (Å²) in [5.41, 5.74) is 4.71. The second kappa shape index (κ2) is 9.74. The van der Waals surface area contributed by atoms with Crippen LogP contribution in [0.15, 0.2) is 91.0 Å². The highest BCUT2D eigenvalue weighted by Crippen LogP contribution is 2.44. The highest BCUT2D eigenvalue weighted by molar-refractivity contribution is 6.33. The molecular formula is C30H19ClN2O6. The lowest BCUT2D eigenvalue weighted by atomic mass is 9.98. The van der Waals surface area contributed by atoms with E-state index in [1.807, 2.05) is 48.5 Å². The monoisotopic (exact) mass is 538 g/mol. The molecule has 39 heavy (non-hydrogen) atoms. The molecule has 0 fully saturated rings. The molecule has 9 heteroatoms. The lowest BCUT2D eigenvalue weighted by Gasteiger charge is -2.15. The van der Waals surface area contributed by atoms with E-state index in [1.165, 1.54) is 30.3 Å². The van der Waals surface area contributed by atoms with Gasteiger partial charge in [0.1, 0.15) is 6.61 Å². The van der Waals surface area contributed by atoms with Crippen molar-refractivity contribution in [1.82, 2.24) is 5.06 Å². The van der Waals surface area contributed by atoms with Crippen molar-refractivity contribution in [2.75, 3.05) is 11.9 Å². The van der Waals surface area contributed by atoms with E-state index < -0.39 is 23.9 Å². The van der Waals surface area contributed by atoms with Crippen molar-refractivity contribution in [3.05, 3.63) is 124 Å². The number of amides is 3. The van der Waals surface area contributed by atoms with Crippen LogP contribution >= 0.6 is 11.6 Å². The first-order valence-corrected chi connectivity index (χ1v) is 12.4. The van der Waals surface area contributed by atoms with Crippen molar-refractivity contribution in [3.63, 3.8) is 0 Å². The van der Waals surface area contributed by atoms with Gasteiger partial charge in [0, 0.05) is 11.6 Å². The molecule has 4 aromatic carbocycles. The zero-order chi connectivity index (χ0) is 27.1. The SMILES string of the molecule is O=C(Nc1ccc(Cl)c(C(=O)ON2C(=O)c3ccccc3C2=O)c1)OCC1c2ccccc2-c2ccccc21. The Bertz CT molecular complexity index is 1600. The molecular weight excluding hydrogens is 520 g/mol. The predicted molar refractivity (Wildman–Crippen MR) is 143 cm³/mol. The Morgan fingerprint density at radius 1 is 0.769 bits per heavy atom. The number of imide groups is 1. The molecule has 6 rings (SSSR count). The van der Waals surface area contributed by atoms with E-state index >= 15 is 0 Å². The Kier molecular flexibility index (Phi) is 6.09. The fourth-order valence-corrected chi connectivity index (χ4v) is 5.09. The molecule has 0 radical (unpaired) electrons. The second-order valence-corrected chi connectivity index (χ2v) is 9.38. The number of fused-ring (bicyclic) bond motifs is 4. The van der Waals surface area contributed by atoms with E-state index in [0.717, 1.165) is 22.3 Å². The first-order valence-electron chi connectivity index (χ1n) is 12.0. The minimum absolute atomic E-state index is 0.00898. The van der Waals surface area contributed by atoms with E-state index in [-0.39, 0.29) is 39.9 Å². The van der Waals surface area contributed by atoms with Gasteiger partial charge in [-0.2, -0.15) is 0 Å². The number of benzene rings is 4. The van der Waals surface area contributed by atoms with Crippen LogP contribution in [0.1, 0.15) is 48.1 Å². The molecule has 0 saturated heterocycles. The highest BCUT2D eigenvalue weighted by atomic mass is 35.5. The minimum atomic E-state index is -1.04. The molecule has 0 atom stereocenters. The summed E-state index contributed by atoms with van der Waals surface area (Å²) in [7, 11) is 0. The van der Waals surface area contributed by atoms with Gasteiger partial charge in [0.25, 0.3) is 11.8 Å². The summed E-state index contributed by atoms with van der Waals surface area (Å²) in [5, 5.41) is 2.99.